The first-order valence-electron chi connectivity index (χ1n) is 7.84. The van der Waals surface area contributed by atoms with E-state index in [0.29, 0.717) is 10.1 Å². The highest BCUT2D eigenvalue weighted by atomic mass is 32.2. The molecule has 0 radical (unpaired) electrons. The molecule has 0 amide bonds. The van der Waals surface area contributed by atoms with E-state index in [1.165, 1.54) is 17.8 Å². The topological polar surface area (TPSA) is 58.2 Å². The van der Waals surface area contributed by atoms with E-state index in [9.17, 15) is 8.42 Å². The Morgan fingerprint density at radius 1 is 1.29 bits per heavy atom. The molecule has 1 aliphatic rings. The zero-order valence-corrected chi connectivity index (χ0v) is 14.5. The van der Waals surface area contributed by atoms with E-state index in [1.807, 2.05) is 6.07 Å². The Morgan fingerprint density at radius 3 is 2.76 bits per heavy atom. The van der Waals surface area contributed by atoms with Crippen LogP contribution >= 0.6 is 11.3 Å². The Balaban J connectivity index is 1.98. The Labute approximate surface area is 132 Å². The smallest absolute Gasteiger partial charge is 0.250 e. The third kappa shape index (κ3) is 4.77. The number of rotatable bonds is 7. The molecule has 1 saturated carbocycles. The van der Waals surface area contributed by atoms with Gasteiger partial charge in [0.2, 0.25) is 10.0 Å². The molecule has 0 aromatic carbocycles. The van der Waals surface area contributed by atoms with Gasteiger partial charge in [-0.25, -0.2) is 13.1 Å². The van der Waals surface area contributed by atoms with Gasteiger partial charge in [-0.3, -0.25) is 0 Å². The van der Waals surface area contributed by atoms with E-state index in [4.69, 9.17) is 0 Å². The zero-order chi connectivity index (χ0) is 15.3. The second kappa shape index (κ2) is 7.72. The number of sulfonamides is 1. The van der Waals surface area contributed by atoms with Crippen LogP contribution in [0.3, 0.4) is 0 Å². The van der Waals surface area contributed by atoms with Crippen LogP contribution < -0.4 is 10.0 Å². The first kappa shape index (κ1) is 16.9. The van der Waals surface area contributed by atoms with Crippen LogP contribution in [0.5, 0.6) is 0 Å². The number of thiophene rings is 1. The van der Waals surface area contributed by atoms with Crippen molar-refractivity contribution in [1.29, 1.82) is 0 Å². The van der Waals surface area contributed by atoms with Crippen LogP contribution in [0, 0.1) is 5.92 Å². The molecule has 2 N–H and O–H groups in total. The van der Waals surface area contributed by atoms with Gasteiger partial charge in [0, 0.05) is 17.5 Å². The van der Waals surface area contributed by atoms with Crippen LogP contribution in [0.25, 0.3) is 0 Å². The molecule has 2 unspecified atom stereocenters. The number of hydrogen-bond donors (Lipinski definition) is 2. The minimum atomic E-state index is -3.36. The van der Waals surface area contributed by atoms with Crippen molar-refractivity contribution in [2.75, 3.05) is 6.54 Å². The summed E-state index contributed by atoms with van der Waals surface area (Å²) in [5, 5.41) is 3.30. The van der Waals surface area contributed by atoms with E-state index in [-0.39, 0.29) is 6.04 Å². The van der Waals surface area contributed by atoms with Gasteiger partial charge in [0.05, 0.1) is 0 Å². The first-order valence-corrected chi connectivity index (χ1v) is 10.1. The Kier molecular flexibility index (Phi) is 6.22. The quantitative estimate of drug-likeness (QED) is 0.755. The molecule has 120 valence electrons. The maximum atomic E-state index is 12.5. The monoisotopic (exact) mass is 330 g/mol. The van der Waals surface area contributed by atoms with Gasteiger partial charge in [0.1, 0.15) is 4.21 Å². The lowest BCUT2D eigenvalue weighted by Gasteiger charge is -2.28. The molecule has 1 heterocycles. The first-order chi connectivity index (χ1) is 10.0. The summed E-state index contributed by atoms with van der Waals surface area (Å²) in [7, 11) is -3.36. The molecule has 21 heavy (non-hydrogen) atoms. The highest BCUT2D eigenvalue weighted by molar-refractivity contribution is 7.91. The fraction of sp³-hybridized carbons (Fsp3) is 0.733. The highest BCUT2D eigenvalue weighted by Gasteiger charge is 2.27. The lowest BCUT2D eigenvalue weighted by atomic mass is 9.87. The van der Waals surface area contributed by atoms with Gasteiger partial charge in [-0.2, -0.15) is 0 Å². The molecular weight excluding hydrogens is 304 g/mol. The fourth-order valence-electron chi connectivity index (χ4n) is 2.73. The average molecular weight is 331 g/mol. The zero-order valence-electron chi connectivity index (χ0n) is 12.9. The molecule has 0 spiro atoms. The van der Waals surface area contributed by atoms with Crippen LogP contribution in [0.4, 0.5) is 0 Å². The summed E-state index contributed by atoms with van der Waals surface area (Å²) in [6.07, 6.45) is 5.48. The van der Waals surface area contributed by atoms with Gasteiger partial charge in [0.25, 0.3) is 0 Å². The van der Waals surface area contributed by atoms with E-state index in [1.54, 1.807) is 6.07 Å². The van der Waals surface area contributed by atoms with E-state index in [0.717, 1.165) is 43.6 Å². The second-order valence-electron chi connectivity index (χ2n) is 5.89. The van der Waals surface area contributed by atoms with E-state index < -0.39 is 10.0 Å². The average Bonchev–Trinajstić information content (AvgIpc) is 2.91. The maximum absolute atomic E-state index is 12.5. The molecule has 1 aliphatic carbocycles. The van der Waals surface area contributed by atoms with Crippen molar-refractivity contribution in [3.63, 3.8) is 0 Å². The van der Waals surface area contributed by atoms with Crippen LogP contribution in [0.2, 0.25) is 0 Å². The predicted molar refractivity (Wildman–Crippen MR) is 88.1 cm³/mol. The summed E-state index contributed by atoms with van der Waals surface area (Å²) in [6, 6.07) is 3.72. The number of hydrogen-bond acceptors (Lipinski definition) is 4. The minimum absolute atomic E-state index is 0.0903. The molecular formula is C15H26N2O2S2. The lowest BCUT2D eigenvalue weighted by Crippen LogP contribution is -2.40. The van der Waals surface area contributed by atoms with Gasteiger partial charge in [0.15, 0.2) is 0 Å². The molecule has 4 nitrogen and oxygen atoms in total. The van der Waals surface area contributed by atoms with Crippen LogP contribution in [0.1, 0.15) is 50.8 Å². The Morgan fingerprint density at radius 2 is 2.05 bits per heavy atom. The molecule has 2 rings (SSSR count). The summed E-state index contributed by atoms with van der Waals surface area (Å²) in [5.74, 6) is 0.430. The standard InChI is InChI=1S/C15H26N2O2S2/c1-3-10-16-11-13-8-9-15(20-13)21(18,19)17-14-7-5-4-6-12(14)2/h8-9,12,14,16-17H,3-7,10-11H2,1-2H3. The second-order valence-corrected chi connectivity index (χ2v) is 9.00. The molecule has 0 saturated heterocycles. The van der Waals surface area contributed by atoms with Crippen LogP contribution in [-0.2, 0) is 16.6 Å². The molecule has 1 fully saturated rings. The van der Waals surface area contributed by atoms with Crippen molar-refractivity contribution >= 4 is 21.4 Å². The van der Waals surface area contributed by atoms with Gasteiger partial charge in [-0.05, 0) is 43.9 Å². The van der Waals surface area contributed by atoms with Crippen molar-refractivity contribution in [2.24, 2.45) is 5.92 Å². The Bertz CT molecular complexity index is 540. The Hall–Kier alpha value is -0.430. The van der Waals surface area contributed by atoms with Gasteiger partial charge >= 0.3 is 0 Å². The van der Waals surface area contributed by atoms with Crippen molar-refractivity contribution < 1.29 is 8.42 Å². The normalized spacial score (nSPS) is 23.3. The third-order valence-corrected chi connectivity index (χ3v) is 7.11. The summed E-state index contributed by atoms with van der Waals surface area (Å²) >= 11 is 1.37. The predicted octanol–water partition coefficient (Wildman–Crippen LogP) is 3.10. The van der Waals surface area contributed by atoms with E-state index >= 15 is 0 Å². The summed E-state index contributed by atoms with van der Waals surface area (Å²) in [4.78, 5) is 1.07. The molecule has 2 atom stereocenters. The summed E-state index contributed by atoms with van der Waals surface area (Å²) < 4.78 is 28.3. The maximum Gasteiger partial charge on any atom is 0.250 e. The van der Waals surface area contributed by atoms with E-state index in [2.05, 4.69) is 23.9 Å². The molecule has 1 aromatic rings. The fourth-order valence-corrected chi connectivity index (χ4v) is 5.46. The lowest BCUT2D eigenvalue weighted by molar-refractivity contribution is 0.310. The molecule has 0 bridgehead atoms. The highest BCUT2D eigenvalue weighted by Crippen LogP contribution is 2.27. The molecule has 0 aliphatic heterocycles. The van der Waals surface area contributed by atoms with Crippen molar-refractivity contribution in [2.45, 2.75) is 62.7 Å². The third-order valence-electron chi connectivity index (χ3n) is 4.05. The van der Waals surface area contributed by atoms with Gasteiger partial charge in [-0.15, -0.1) is 11.3 Å². The van der Waals surface area contributed by atoms with Crippen LogP contribution in [-0.4, -0.2) is 21.0 Å². The molecule has 6 heteroatoms. The largest absolute Gasteiger partial charge is 0.312 e. The summed E-state index contributed by atoms with van der Waals surface area (Å²) in [5.41, 5.74) is 0. The van der Waals surface area contributed by atoms with Crippen LogP contribution in [0.15, 0.2) is 16.3 Å². The van der Waals surface area contributed by atoms with Crippen molar-refractivity contribution in [3.05, 3.63) is 17.0 Å². The number of nitrogens with one attached hydrogen (secondary N) is 2. The molecule has 1 aromatic heterocycles. The van der Waals surface area contributed by atoms with Crippen molar-refractivity contribution in [1.82, 2.24) is 10.0 Å². The van der Waals surface area contributed by atoms with Gasteiger partial charge in [-0.1, -0.05) is 26.7 Å². The SMILES string of the molecule is CCCNCc1ccc(S(=O)(=O)NC2CCCCC2C)s1. The van der Waals surface area contributed by atoms with Gasteiger partial charge < -0.3 is 5.32 Å². The minimum Gasteiger partial charge on any atom is -0.312 e. The van der Waals surface area contributed by atoms with Crippen molar-refractivity contribution in [3.8, 4) is 0 Å². The summed E-state index contributed by atoms with van der Waals surface area (Å²) in [6.45, 7) is 5.96.